The molecule has 1 heteroatoms. The molecule has 0 saturated carbocycles. The zero-order valence-corrected chi connectivity index (χ0v) is 12.7. The Morgan fingerprint density at radius 3 is 1.00 bits per heavy atom. The van der Waals surface area contributed by atoms with Crippen LogP contribution < -0.4 is 0 Å². The monoisotopic (exact) mass is 351 g/mol. The maximum absolute atomic E-state index is 2.89. The summed E-state index contributed by atoms with van der Waals surface area (Å²) in [6.45, 7) is 12.0. The van der Waals surface area contributed by atoms with Gasteiger partial charge in [-0.15, -0.1) is 0 Å². The van der Waals surface area contributed by atoms with Crippen LogP contribution in [0.15, 0.2) is 30.3 Å². The standard InChI is InChI=1S/C6H5.3C2H6.W/c1-2-4-6-5-3-1;3*1-2;/h1-5H;3*1-2H3;/q-1;;;;. The summed E-state index contributed by atoms with van der Waals surface area (Å²) >= 11 is 0. The van der Waals surface area contributed by atoms with Gasteiger partial charge in [-0.3, -0.25) is 0 Å². The van der Waals surface area contributed by atoms with Crippen molar-refractivity contribution in [1.29, 1.82) is 0 Å². The molecule has 0 aliphatic rings. The third kappa shape index (κ3) is 33.5. The molecule has 0 fully saturated rings. The van der Waals surface area contributed by atoms with Crippen molar-refractivity contribution in [2.75, 3.05) is 0 Å². The van der Waals surface area contributed by atoms with Crippen molar-refractivity contribution in [2.24, 2.45) is 0 Å². The van der Waals surface area contributed by atoms with Gasteiger partial charge in [-0.1, -0.05) is 41.5 Å². The number of benzene rings is 1. The Hall–Kier alpha value is -0.0917. The van der Waals surface area contributed by atoms with E-state index >= 15 is 0 Å². The van der Waals surface area contributed by atoms with Crippen LogP contribution in [0.25, 0.3) is 0 Å². The van der Waals surface area contributed by atoms with Gasteiger partial charge in [0.25, 0.3) is 0 Å². The summed E-state index contributed by atoms with van der Waals surface area (Å²) in [7, 11) is 0. The molecule has 0 heterocycles. The summed E-state index contributed by atoms with van der Waals surface area (Å²) in [6, 6.07) is 12.5. The fourth-order valence-electron chi connectivity index (χ4n) is 0.342. The van der Waals surface area contributed by atoms with Crippen LogP contribution in [0.1, 0.15) is 41.5 Å². The van der Waals surface area contributed by atoms with E-state index in [4.69, 9.17) is 0 Å². The summed E-state index contributed by atoms with van der Waals surface area (Å²) < 4.78 is 0. The fraction of sp³-hybridized carbons (Fsp3) is 0.500. The number of hydrogen-bond donors (Lipinski definition) is 0. The Morgan fingerprint density at radius 2 is 0.923 bits per heavy atom. The zero-order chi connectivity index (χ0) is 10.2. The average molecular weight is 351 g/mol. The maximum Gasteiger partial charge on any atom is 0 e. The van der Waals surface area contributed by atoms with E-state index in [1.807, 2.05) is 71.9 Å². The first-order valence-electron chi connectivity index (χ1n) is 4.91. The van der Waals surface area contributed by atoms with Crippen LogP contribution in [-0.2, 0) is 21.1 Å². The molecule has 0 aliphatic carbocycles. The predicted octanol–water partition coefficient (Wildman–Crippen LogP) is 4.56. The van der Waals surface area contributed by atoms with E-state index in [9.17, 15) is 0 Å². The van der Waals surface area contributed by atoms with Gasteiger partial charge in [-0.2, -0.15) is 36.4 Å². The van der Waals surface area contributed by atoms with Gasteiger partial charge in [-0.25, -0.2) is 0 Å². The molecular weight excluding hydrogens is 328 g/mol. The van der Waals surface area contributed by atoms with Gasteiger partial charge in [-0.05, 0) is 0 Å². The van der Waals surface area contributed by atoms with Gasteiger partial charge in [0.05, 0.1) is 0 Å². The number of hydrogen-bond acceptors (Lipinski definition) is 0. The minimum absolute atomic E-state index is 0. The molecule has 1 aromatic carbocycles. The molecule has 0 saturated heterocycles. The third-order valence-corrected chi connectivity index (χ3v) is 0.607. The molecule has 0 N–H and O–H groups in total. The van der Waals surface area contributed by atoms with Crippen molar-refractivity contribution in [3.8, 4) is 0 Å². The van der Waals surface area contributed by atoms with Crippen LogP contribution in [-0.4, -0.2) is 0 Å². The van der Waals surface area contributed by atoms with E-state index in [-0.39, 0.29) is 21.1 Å². The molecule has 0 radical (unpaired) electrons. The SMILES string of the molecule is CC.CC.CC.[W].[c-]1ccccc1. The molecule has 0 amide bonds. The maximum atomic E-state index is 2.89. The summed E-state index contributed by atoms with van der Waals surface area (Å²) in [4.78, 5) is 0. The average Bonchev–Trinajstić information content (AvgIpc) is 2.29. The summed E-state index contributed by atoms with van der Waals surface area (Å²) in [6.07, 6.45) is 0. The van der Waals surface area contributed by atoms with E-state index in [0.717, 1.165) is 0 Å². The Bertz CT molecular complexity index is 77.0. The fourth-order valence-corrected chi connectivity index (χ4v) is 0.342. The Labute approximate surface area is 99.0 Å². The molecule has 1 aromatic rings. The first kappa shape index (κ1) is 23.1. The van der Waals surface area contributed by atoms with Gasteiger partial charge in [0, 0.05) is 21.1 Å². The smallest absolute Gasteiger partial charge is 0 e. The zero-order valence-electron chi connectivity index (χ0n) is 9.79. The molecule has 78 valence electrons. The van der Waals surface area contributed by atoms with Crippen molar-refractivity contribution in [3.05, 3.63) is 36.4 Å². The van der Waals surface area contributed by atoms with Crippen molar-refractivity contribution >= 4 is 0 Å². The predicted molar refractivity (Wildman–Crippen MR) is 59.3 cm³/mol. The van der Waals surface area contributed by atoms with Gasteiger partial charge >= 0.3 is 0 Å². The molecule has 1 rings (SSSR count). The van der Waals surface area contributed by atoms with Crippen LogP contribution in [0.3, 0.4) is 0 Å². The molecule has 0 aliphatic heterocycles. The normalized spacial score (nSPS) is 5.08. The second-order valence-corrected chi connectivity index (χ2v) is 1.08. The Morgan fingerprint density at radius 1 is 0.615 bits per heavy atom. The second kappa shape index (κ2) is 40.6. The summed E-state index contributed by atoms with van der Waals surface area (Å²) in [5, 5.41) is 0. The topological polar surface area (TPSA) is 0 Å². The van der Waals surface area contributed by atoms with Crippen molar-refractivity contribution in [2.45, 2.75) is 41.5 Å². The molecule has 0 atom stereocenters. The van der Waals surface area contributed by atoms with Gasteiger partial charge in [0.15, 0.2) is 0 Å². The number of rotatable bonds is 0. The quantitative estimate of drug-likeness (QED) is 0.601. The summed E-state index contributed by atoms with van der Waals surface area (Å²) in [5.74, 6) is 0. The van der Waals surface area contributed by atoms with Gasteiger partial charge in [0.1, 0.15) is 0 Å². The molecule has 0 bridgehead atoms. The van der Waals surface area contributed by atoms with E-state index in [1.54, 1.807) is 0 Å². The van der Waals surface area contributed by atoms with E-state index in [2.05, 4.69) is 6.07 Å². The van der Waals surface area contributed by atoms with E-state index < -0.39 is 0 Å². The molecule has 0 aromatic heterocycles. The largest absolute Gasteiger partial charge is 0.184 e. The molecule has 13 heavy (non-hydrogen) atoms. The molecule has 0 spiro atoms. The molecule has 0 unspecified atom stereocenters. The van der Waals surface area contributed by atoms with E-state index in [1.165, 1.54) is 0 Å². The van der Waals surface area contributed by atoms with Crippen molar-refractivity contribution in [1.82, 2.24) is 0 Å². The second-order valence-electron chi connectivity index (χ2n) is 1.08. The van der Waals surface area contributed by atoms with Crippen molar-refractivity contribution < 1.29 is 21.1 Å². The van der Waals surface area contributed by atoms with Gasteiger partial charge in [0.2, 0.25) is 0 Å². The van der Waals surface area contributed by atoms with Gasteiger partial charge < -0.3 is 0 Å². The van der Waals surface area contributed by atoms with Crippen LogP contribution in [0.2, 0.25) is 0 Å². The first-order valence-corrected chi connectivity index (χ1v) is 4.91. The van der Waals surface area contributed by atoms with Crippen molar-refractivity contribution in [3.63, 3.8) is 0 Å². The van der Waals surface area contributed by atoms with Crippen LogP contribution in [0.4, 0.5) is 0 Å². The van der Waals surface area contributed by atoms with Crippen LogP contribution in [0, 0.1) is 6.07 Å². The minimum atomic E-state index is 0. The minimum Gasteiger partial charge on any atom is -0.184 e. The van der Waals surface area contributed by atoms with E-state index in [0.29, 0.717) is 0 Å². The third-order valence-electron chi connectivity index (χ3n) is 0.607. The molecular formula is C12H23W-. The first-order chi connectivity index (χ1) is 6.00. The molecule has 0 nitrogen and oxygen atoms in total. The van der Waals surface area contributed by atoms with Crippen LogP contribution in [0.5, 0.6) is 0 Å². The Kier molecular flexibility index (Phi) is 72.0. The van der Waals surface area contributed by atoms with Crippen LogP contribution >= 0.6 is 0 Å². The Balaban J connectivity index is -0.0000000508. The summed E-state index contributed by atoms with van der Waals surface area (Å²) in [5.41, 5.74) is 0.